The van der Waals surface area contributed by atoms with E-state index < -0.39 is 0 Å². The molecule has 0 aliphatic rings. The maximum absolute atomic E-state index is 10.2. The minimum absolute atomic E-state index is 0. The molecular formula is C6H13O2Si. The number of esters is 1. The fraction of sp³-hybridized carbons (Fsp3) is 0.333. The SMILES string of the molecule is [CH2]CCOC(=O)C=C.[SiH4]. The average molecular weight is 145 g/mol. The van der Waals surface area contributed by atoms with Gasteiger partial charge in [-0.05, 0) is 24.3 Å². The number of ether oxygens (including phenoxy) is 1. The van der Waals surface area contributed by atoms with E-state index in [0.717, 1.165) is 6.08 Å². The van der Waals surface area contributed by atoms with Crippen LogP contribution in [-0.2, 0) is 9.53 Å². The zero-order valence-corrected chi connectivity index (χ0v) is 4.72. The Hall–Kier alpha value is -0.573. The van der Waals surface area contributed by atoms with Crippen molar-refractivity contribution in [1.29, 1.82) is 0 Å². The third-order valence-corrected chi connectivity index (χ3v) is 0.555. The Labute approximate surface area is 59.9 Å². The highest BCUT2D eigenvalue weighted by atomic mass is 28.1. The van der Waals surface area contributed by atoms with Crippen LogP contribution in [0.3, 0.4) is 0 Å². The van der Waals surface area contributed by atoms with Gasteiger partial charge in [0.15, 0.2) is 0 Å². The summed E-state index contributed by atoms with van der Waals surface area (Å²) in [6.45, 7) is 7.08. The van der Waals surface area contributed by atoms with Crippen molar-refractivity contribution in [2.75, 3.05) is 6.61 Å². The summed E-state index contributed by atoms with van der Waals surface area (Å²) in [7, 11) is 0. The standard InChI is InChI=1S/C6H9O2.H4Si/c1-3-5-8-6(7)4-2;/h4H,1-3,5H2;1H4. The van der Waals surface area contributed by atoms with E-state index >= 15 is 0 Å². The van der Waals surface area contributed by atoms with Crippen LogP contribution in [0.2, 0.25) is 0 Å². The molecule has 0 spiro atoms. The fourth-order valence-electron chi connectivity index (χ4n) is 0.232. The molecule has 0 saturated heterocycles. The van der Waals surface area contributed by atoms with Crippen molar-refractivity contribution in [3.05, 3.63) is 19.6 Å². The van der Waals surface area contributed by atoms with Crippen LogP contribution in [0.4, 0.5) is 0 Å². The number of rotatable bonds is 3. The highest BCUT2D eigenvalue weighted by Crippen LogP contribution is 1.80. The maximum Gasteiger partial charge on any atom is 0.330 e. The lowest BCUT2D eigenvalue weighted by Crippen LogP contribution is -1.99. The Morgan fingerprint density at radius 1 is 1.67 bits per heavy atom. The van der Waals surface area contributed by atoms with Crippen molar-refractivity contribution in [3.63, 3.8) is 0 Å². The van der Waals surface area contributed by atoms with Crippen molar-refractivity contribution in [2.45, 2.75) is 6.42 Å². The van der Waals surface area contributed by atoms with Gasteiger partial charge in [0.25, 0.3) is 0 Å². The lowest BCUT2D eigenvalue weighted by molar-refractivity contribution is -0.137. The maximum atomic E-state index is 10.2. The predicted octanol–water partition coefficient (Wildman–Crippen LogP) is -0.512. The topological polar surface area (TPSA) is 26.3 Å². The molecule has 0 unspecified atom stereocenters. The monoisotopic (exact) mass is 145 g/mol. The molecule has 0 amide bonds. The minimum Gasteiger partial charge on any atom is -0.463 e. The highest BCUT2D eigenvalue weighted by Gasteiger charge is 1.89. The van der Waals surface area contributed by atoms with Gasteiger partial charge >= 0.3 is 5.97 Å². The summed E-state index contributed by atoms with van der Waals surface area (Å²) in [5, 5.41) is 0. The number of carbonyl (C=O) groups excluding carboxylic acids is 1. The fourth-order valence-corrected chi connectivity index (χ4v) is 0.232. The van der Waals surface area contributed by atoms with Crippen LogP contribution in [0.5, 0.6) is 0 Å². The highest BCUT2D eigenvalue weighted by molar-refractivity contribution is 5.81. The molecule has 0 bridgehead atoms. The quantitative estimate of drug-likeness (QED) is 0.304. The Morgan fingerprint density at radius 2 is 2.22 bits per heavy atom. The molecule has 2 nitrogen and oxygen atoms in total. The largest absolute Gasteiger partial charge is 0.463 e. The van der Waals surface area contributed by atoms with Crippen molar-refractivity contribution in [3.8, 4) is 0 Å². The van der Waals surface area contributed by atoms with E-state index in [9.17, 15) is 4.79 Å². The molecule has 0 rings (SSSR count). The second-order valence-electron chi connectivity index (χ2n) is 1.23. The van der Waals surface area contributed by atoms with Crippen molar-refractivity contribution in [1.82, 2.24) is 0 Å². The van der Waals surface area contributed by atoms with Crippen LogP contribution in [0.15, 0.2) is 12.7 Å². The van der Waals surface area contributed by atoms with E-state index in [1.807, 2.05) is 0 Å². The summed E-state index contributed by atoms with van der Waals surface area (Å²) in [6, 6.07) is 0. The van der Waals surface area contributed by atoms with Gasteiger partial charge in [-0.2, -0.15) is 0 Å². The molecule has 0 atom stereocenters. The first-order valence-corrected chi connectivity index (χ1v) is 2.39. The zero-order valence-electron chi connectivity index (χ0n) is 4.72. The molecule has 0 aromatic heterocycles. The van der Waals surface area contributed by atoms with Crippen LogP contribution >= 0.6 is 0 Å². The predicted molar refractivity (Wildman–Crippen MR) is 42.5 cm³/mol. The minimum atomic E-state index is -0.381. The molecule has 0 N–H and O–H groups in total. The van der Waals surface area contributed by atoms with Crippen LogP contribution in [-0.4, -0.2) is 23.5 Å². The molecule has 1 radical (unpaired) electrons. The number of carbonyl (C=O) groups is 1. The van der Waals surface area contributed by atoms with Gasteiger partial charge in [0.05, 0.1) is 6.61 Å². The Kier molecular flexibility index (Phi) is 9.29. The molecule has 0 aromatic carbocycles. The molecule has 0 aliphatic heterocycles. The van der Waals surface area contributed by atoms with Gasteiger partial charge in [0.1, 0.15) is 0 Å². The van der Waals surface area contributed by atoms with Gasteiger partial charge in [-0.25, -0.2) is 4.79 Å². The van der Waals surface area contributed by atoms with Crippen LogP contribution in [0.1, 0.15) is 6.42 Å². The summed E-state index contributed by atoms with van der Waals surface area (Å²) in [5.41, 5.74) is 0. The van der Waals surface area contributed by atoms with E-state index in [1.165, 1.54) is 0 Å². The van der Waals surface area contributed by atoms with Gasteiger partial charge < -0.3 is 4.74 Å². The molecule has 9 heavy (non-hydrogen) atoms. The third kappa shape index (κ3) is 7.43. The number of hydrogen-bond acceptors (Lipinski definition) is 2. The Bertz CT molecular complexity index is 91.1. The van der Waals surface area contributed by atoms with Crippen LogP contribution in [0.25, 0.3) is 0 Å². The Morgan fingerprint density at radius 3 is 2.56 bits per heavy atom. The van der Waals surface area contributed by atoms with Gasteiger partial charge in [0.2, 0.25) is 0 Å². The Balaban J connectivity index is 0. The van der Waals surface area contributed by atoms with E-state index in [4.69, 9.17) is 0 Å². The second kappa shape index (κ2) is 7.43. The van der Waals surface area contributed by atoms with Crippen molar-refractivity contribution in [2.24, 2.45) is 0 Å². The van der Waals surface area contributed by atoms with Gasteiger partial charge in [-0.1, -0.05) is 6.58 Å². The molecular weight excluding hydrogens is 132 g/mol. The first-order valence-electron chi connectivity index (χ1n) is 2.39. The normalized spacial score (nSPS) is 7.22. The van der Waals surface area contributed by atoms with Gasteiger partial charge in [-0.3, -0.25) is 0 Å². The van der Waals surface area contributed by atoms with Crippen molar-refractivity contribution >= 4 is 16.9 Å². The average Bonchev–Trinajstić information content (AvgIpc) is 1.83. The first kappa shape index (κ1) is 11.3. The van der Waals surface area contributed by atoms with Crippen LogP contribution < -0.4 is 0 Å². The molecule has 53 valence electrons. The second-order valence-corrected chi connectivity index (χ2v) is 1.23. The van der Waals surface area contributed by atoms with E-state index in [0.29, 0.717) is 13.0 Å². The smallest absolute Gasteiger partial charge is 0.330 e. The summed E-state index contributed by atoms with van der Waals surface area (Å²) >= 11 is 0. The molecule has 3 heteroatoms. The molecule has 0 aliphatic carbocycles. The molecule has 0 aromatic rings. The summed E-state index contributed by atoms with van der Waals surface area (Å²) < 4.78 is 4.52. The van der Waals surface area contributed by atoms with Crippen LogP contribution in [0, 0.1) is 6.92 Å². The van der Waals surface area contributed by atoms with Gasteiger partial charge in [-0.15, -0.1) is 0 Å². The number of hydrogen-bond donors (Lipinski definition) is 0. The first-order chi connectivity index (χ1) is 3.81. The van der Waals surface area contributed by atoms with E-state index in [-0.39, 0.29) is 16.9 Å². The summed E-state index contributed by atoms with van der Waals surface area (Å²) in [4.78, 5) is 10.2. The summed E-state index contributed by atoms with van der Waals surface area (Å²) in [5.74, 6) is -0.381. The summed E-state index contributed by atoms with van der Waals surface area (Å²) in [6.07, 6.45) is 1.75. The molecule has 0 saturated carbocycles. The van der Waals surface area contributed by atoms with Crippen molar-refractivity contribution < 1.29 is 9.53 Å². The van der Waals surface area contributed by atoms with Gasteiger partial charge in [0, 0.05) is 6.08 Å². The van der Waals surface area contributed by atoms with E-state index in [1.54, 1.807) is 0 Å². The lowest BCUT2D eigenvalue weighted by Gasteiger charge is -1.94. The lowest BCUT2D eigenvalue weighted by atomic mass is 10.5. The third-order valence-electron chi connectivity index (χ3n) is 0.555. The molecule has 0 heterocycles. The molecule has 0 fully saturated rings. The zero-order chi connectivity index (χ0) is 6.41. The van der Waals surface area contributed by atoms with E-state index in [2.05, 4.69) is 18.2 Å².